The Labute approximate surface area is 119 Å². The zero-order valence-corrected chi connectivity index (χ0v) is 12.8. The SMILES string of the molecule is C=CC[C@@H]1[C@H](C(C)(C)O)C(=O)N1C(C(=O)OC)=C(C)C. The van der Waals surface area contributed by atoms with E-state index in [1.807, 2.05) is 0 Å². The lowest BCUT2D eigenvalue weighted by molar-refractivity contribution is -0.172. The number of likely N-dealkylation sites (tertiary alicyclic amines) is 1. The molecule has 5 nitrogen and oxygen atoms in total. The first-order valence-corrected chi connectivity index (χ1v) is 6.59. The Morgan fingerprint density at radius 3 is 2.40 bits per heavy atom. The maximum absolute atomic E-state index is 12.3. The van der Waals surface area contributed by atoms with Gasteiger partial charge in [-0.1, -0.05) is 6.08 Å². The predicted molar refractivity (Wildman–Crippen MR) is 75.6 cm³/mol. The van der Waals surface area contributed by atoms with Gasteiger partial charge in [0, 0.05) is 0 Å². The number of allylic oxidation sites excluding steroid dienone is 1. The average molecular weight is 281 g/mol. The van der Waals surface area contributed by atoms with E-state index in [4.69, 9.17) is 4.74 Å². The van der Waals surface area contributed by atoms with Crippen LogP contribution in [0.1, 0.15) is 34.1 Å². The molecule has 0 radical (unpaired) electrons. The maximum atomic E-state index is 12.3. The molecule has 2 atom stereocenters. The molecule has 0 bridgehead atoms. The van der Waals surface area contributed by atoms with Crippen molar-refractivity contribution in [1.29, 1.82) is 0 Å². The number of amides is 1. The van der Waals surface area contributed by atoms with Crippen molar-refractivity contribution in [3.05, 3.63) is 23.9 Å². The van der Waals surface area contributed by atoms with Crippen molar-refractivity contribution in [2.24, 2.45) is 5.92 Å². The van der Waals surface area contributed by atoms with Crippen molar-refractivity contribution in [3.63, 3.8) is 0 Å². The van der Waals surface area contributed by atoms with Crippen molar-refractivity contribution >= 4 is 11.9 Å². The van der Waals surface area contributed by atoms with Crippen molar-refractivity contribution in [2.75, 3.05) is 7.11 Å². The van der Waals surface area contributed by atoms with Gasteiger partial charge in [-0.15, -0.1) is 6.58 Å². The summed E-state index contributed by atoms with van der Waals surface area (Å²) in [5, 5.41) is 10.1. The van der Waals surface area contributed by atoms with Gasteiger partial charge in [-0.2, -0.15) is 0 Å². The molecule has 1 aliphatic rings. The molecule has 1 N–H and O–H groups in total. The molecule has 1 aliphatic heterocycles. The zero-order chi connectivity index (χ0) is 15.7. The fourth-order valence-corrected chi connectivity index (χ4v) is 2.65. The molecule has 0 saturated carbocycles. The van der Waals surface area contributed by atoms with Crippen LogP contribution in [0.15, 0.2) is 23.9 Å². The molecule has 1 heterocycles. The van der Waals surface area contributed by atoms with E-state index in [1.54, 1.807) is 33.8 Å². The minimum absolute atomic E-state index is 0.254. The largest absolute Gasteiger partial charge is 0.464 e. The number of hydrogen-bond acceptors (Lipinski definition) is 4. The van der Waals surface area contributed by atoms with Gasteiger partial charge in [0.2, 0.25) is 5.91 Å². The summed E-state index contributed by atoms with van der Waals surface area (Å²) >= 11 is 0. The highest BCUT2D eigenvalue weighted by molar-refractivity contribution is 5.99. The number of methoxy groups -OCH3 is 1. The van der Waals surface area contributed by atoms with Gasteiger partial charge < -0.3 is 14.7 Å². The van der Waals surface area contributed by atoms with E-state index >= 15 is 0 Å². The third kappa shape index (κ3) is 2.77. The number of carbonyl (C=O) groups is 2. The van der Waals surface area contributed by atoms with Crippen LogP contribution in [-0.2, 0) is 14.3 Å². The topological polar surface area (TPSA) is 66.8 Å². The normalized spacial score (nSPS) is 22.1. The van der Waals surface area contributed by atoms with E-state index in [0.29, 0.717) is 12.0 Å². The molecule has 0 aromatic carbocycles. The number of ether oxygens (including phenoxy) is 1. The van der Waals surface area contributed by atoms with E-state index in [-0.39, 0.29) is 17.6 Å². The summed E-state index contributed by atoms with van der Waals surface area (Å²) in [5.41, 5.74) is -0.178. The fraction of sp³-hybridized carbons (Fsp3) is 0.600. The van der Waals surface area contributed by atoms with Crippen molar-refractivity contribution < 1.29 is 19.4 Å². The van der Waals surface area contributed by atoms with Gasteiger partial charge in [-0.25, -0.2) is 4.79 Å². The molecule has 1 rings (SSSR count). The standard InChI is InChI=1S/C15H23NO4/c1-7-8-10-11(15(4,5)19)13(17)16(10)12(9(2)3)14(18)20-6/h7,10-11,19H,1,8H2,2-6H3/t10-,11+/m1/s1. The second-order valence-electron chi connectivity index (χ2n) is 5.77. The van der Waals surface area contributed by atoms with Crippen molar-refractivity contribution in [2.45, 2.75) is 45.8 Å². The van der Waals surface area contributed by atoms with Crippen LogP contribution in [0.25, 0.3) is 0 Å². The van der Waals surface area contributed by atoms with E-state index in [9.17, 15) is 14.7 Å². The van der Waals surface area contributed by atoms with E-state index in [1.165, 1.54) is 12.0 Å². The molecular formula is C15H23NO4. The number of hydrogen-bond donors (Lipinski definition) is 1. The Hall–Kier alpha value is -1.62. The summed E-state index contributed by atoms with van der Waals surface area (Å²) < 4.78 is 4.75. The van der Waals surface area contributed by atoms with Crippen LogP contribution in [0.3, 0.4) is 0 Å². The highest BCUT2D eigenvalue weighted by Gasteiger charge is 2.55. The first-order valence-electron chi connectivity index (χ1n) is 6.59. The highest BCUT2D eigenvalue weighted by atomic mass is 16.5. The lowest BCUT2D eigenvalue weighted by Crippen LogP contribution is -2.67. The van der Waals surface area contributed by atoms with Gasteiger partial charge in [-0.05, 0) is 39.7 Å². The number of nitrogens with zero attached hydrogens (tertiary/aromatic N) is 1. The van der Waals surface area contributed by atoms with Crippen LogP contribution in [0.4, 0.5) is 0 Å². The van der Waals surface area contributed by atoms with Crippen LogP contribution in [0, 0.1) is 5.92 Å². The number of aliphatic hydroxyl groups is 1. The molecule has 0 aliphatic carbocycles. The molecule has 0 aromatic heterocycles. The third-order valence-corrected chi connectivity index (χ3v) is 3.48. The maximum Gasteiger partial charge on any atom is 0.354 e. The van der Waals surface area contributed by atoms with E-state index in [0.717, 1.165) is 0 Å². The Kier molecular flexibility index (Phi) is 4.76. The fourth-order valence-electron chi connectivity index (χ4n) is 2.65. The van der Waals surface area contributed by atoms with Gasteiger partial charge in [0.15, 0.2) is 0 Å². The smallest absolute Gasteiger partial charge is 0.354 e. The number of rotatable bonds is 5. The number of carbonyl (C=O) groups excluding carboxylic acids is 2. The summed E-state index contributed by atoms with van der Waals surface area (Å²) in [7, 11) is 1.28. The summed E-state index contributed by atoms with van der Waals surface area (Å²) in [5.74, 6) is -1.34. The van der Waals surface area contributed by atoms with Crippen molar-refractivity contribution in [3.8, 4) is 0 Å². The van der Waals surface area contributed by atoms with Gasteiger partial charge >= 0.3 is 5.97 Å². The molecular weight excluding hydrogens is 258 g/mol. The molecule has 20 heavy (non-hydrogen) atoms. The monoisotopic (exact) mass is 281 g/mol. The summed E-state index contributed by atoms with van der Waals surface area (Å²) in [6.45, 7) is 10.4. The Morgan fingerprint density at radius 2 is 2.05 bits per heavy atom. The predicted octanol–water partition coefficient (Wildman–Crippen LogP) is 1.63. The first-order chi connectivity index (χ1) is 9.16. The van der Waals surface area contributed by atoms with E-state index < -0.39 is 17.5 Å². The molecule has 112 valence electrons. The van der Waals surface area contributed by atoms with Gasteiger partial charge in [0.05, 0.1) is 24.7 Å². The second kappa shape index (κ2) is 5.79. The van der Waals surface area contributed by atoms with Crippen LogP contribution in [0.2, 0.25) is 0 Å². The second-order valence-corrected chi connectivity index (χ2v) is 5.77. The minimum atomic E-state index is -1.13. The van der Waals surface area contributed by atoms with E-state index in [2.05, 4.69) is 6.58 Å². The molecule has 0 unspecified atom stereocenters. The molecule has 1 saturated heterocycles. The van der Waals surface area contributed by atoms with Crippen LogP contribution in [-0.4, -0.2) is 40.6 Å². The Morgan fingerprint density at radius 1 is 1.50 bits per heavy atom. The Bertz CT molecular complexity index is 455. The lowest BCUT2D eigenvalue weighted by atomic mass is 9.74. The first kappa shape index (κ1) is 16.4. The lowest BCUT2D eigenvalue weighted by Gasteiger charge is -2.51. The minimum Gasteiger partial charge on any atom is -0.464 e. The summed E-state index contributed by atoms with van der Waals surface area (Å²) in [6.07, 6.45) is 2.19. The molecule has 1 fully saturated rings. The quantitative estimate of drug-likeness (QED) is 0.360. The molecule has 1 amide bonds. The third-order valence-electron chi connectivity index (χ3n) is 3.48. The summed E-state index contributed by atoms with van der Waals surface area (Å²) in [4.78, 5) is 25.6. The molecule has 0 spiro atoms. The molecule has 0 aromatic rings. The van der Waals surface area contributed by atoms with Gasteiger partial charge in [0.1, 0.15) is 5.70 Å². The molecule has 5 heteroatoms. The average Bonchev–Trinajstić information content (AvgIpc) is 2.32. The van der Waals surface area contributed by atoms with Crippen LogP contribution >= 0.6 is 0 Å². The van der Waals surface area contributed by atoms with Crippen molar-refractivity contribution in [1.82, 2.24) is 4.90 Å². The van der Waals surface area contributed by atoms with Crippen LogP contribution < -0.4 is 0 Å². The Balaban J connectivity index is 3.18. The van der Waals surface area contributed by atoms with Gasteiger partial charge in [-0.3, -0.25) is 4.79 Å². The van der Waals surface area contributed by atoms with Crippen LogP contribution in [0.5, 0.6) is 0 Å². The number of esters is 1. The highest BCUT2D eigenvalue weighted by Crippen LogP contribution is 2.40. The summed E-state index contributed by atoms with van der Waals surface area (Å²) in [6, 6.07) is -0.274. The number of β-lactam (4-membered cyclic amide) rings is 1. The zero-order valence-electron chi connectivity index (χ0n) is 12.8. The van der Waals surface area contributed by atoms with Gasteiger partial charge in [0.25, 0.3) is 0 Å².